The van der Waals surface area contributed by atoms with Gasteiger partial charge in [0.15, 0.2) is 5.78 Å². The molecule has 2 heterocycles. The number of allylic oxidation sites excluding steroid dienone is 7. The zero-order valence-electron chi connectivity index (χ0n) is 16.1. The molecule has 0 N–H and O–H groups in total. The molecule has 0 atom stereocenters. The zero-order chi connectivity index (χ0) is 22.9. The molecule has 0 saturated carbocycles. The topological polar surface area (TPSA) is 40.6 Å². The van der Waals surface area contributed by atoms with Gasteiger partial charge >= 0.3 is 0 Å². The standard InChI is InChI=1S/C22H15BrCl2F2N2O2/c1-3-5-18(27)19(12(2)26)21(30)15-11-29(28-9-13(15)8-14(23)10-28)22(31)20-16(24)6-4-7-17(20)25/h3-8,10-11H,1,9H2,2H3/b18-5+,19-12-. The van der Waals surface area contributed by atoms with Crippen molar-refractivity contribution in [3.8, 4) is 0 Å². The van der Waals surface area contributed by atoms with Crippen molar-refractivity contribution < 1.29 is 18.4 Å². The van der Waals surface area contributed by atoms with Crippen molar-refractivity contribution in [2.45, 2.75) is 6.92 Å². The van der Waals surface area contributed by atoms with Crippen molar-refractivity contribution in [3.63, 3.8) is 0 Å². The third kappa shape index (κ3) is 4.59. The van der Waals surface area contributed by atoms with Crippen molar-refractivity contribution in [2.75, 3.05) is 6.54 Å². The van der Waals surface area contributed by atoms with E-state index in [1.165, 1.54) is 23.3 Å². The third-order valence-electron chi connectivity index (χ3n) is 4.49. The fourth-order valence-electron chi connectivity index (χ4n) is 3.14. The van der Waals surface area contributed by atoms with Crippen LogP contribution in [0.3, 0.4) is 0 Å². The SMILES string of the molecule is C=C/C=C(F)\C(C(=O)C1=CN(C(=O)c2c(Cl)cccc2Cl)N2C=C(Br)C=C1C2)=C(/C)F. The van der Waals surface area contributed by atoms with Crippen LogP contribution in [0.2, 0.25) is 10.0 Å². The van der Waals surface area contributed by atoms with Gasteiger partial charge < -0.3 is 0 Å². The molecule has 0 radical (unpaired) electrons. The molecule has 0 aromatic heterocycles. The lowest BCUT2D eigenvalue weighted by Gasteiger charge is -2.39. The first-order chi connectivity index (χ1) is 14.6. The Kier molecular flexibility index (Phi) is 6.99. The van der Waals surface area contributed by atoms with Crippen LogP contribution in [0.25, 0.3) is 0 Å². The predicted molar refractivity (Wildman–Crippen MR) is 121 cm³/mol. The molecule has 9 heteroatoms. The number of hydrazine groups is 1. The predicted octanol–water partition coefficient (Wildman–Crippen LogP) is 6.58. The molecule has 2 aliphatic rings. The Labute approximate surface area is 196 Å². The first-order valence-electron chi connectivity index (χ1n) is 8.89. The Hall–Kier alpha value is -2.48. The van der Waals surface area contributed by atoms with Crippen molar-refractivity contribution >= 4 is 50.8 Å². The maximum Gasteiger partial charge on any atom is 0.279 e. The summed E-state index contributed by atoms with van der Waals surface area (Å²) in [4.78, 5) is 26.4. The van der Waals surface area contributed by atoms with Gasteiger partial charge in [0.25, 0.3) is 5.91 Å². The van der Waals surface area contributed by atoms with Crippen molar-refractivity contribution in [3.05, 3.63) is 104 Å². The van der Waals surface area contributed by atoms with Crippen LogP contribution in [-0.2, 0) is 4.79 Å². The van der Waals surface area contributed by atoms with Crippen LogP contribution in [0.15, 0.2) is 88.3 Å². The second kappa shape index (κ2) is 9.34. The van der Waals surface area contributed by atoms with Crippen molar-refractivity contribution in [1.82, 2.24) is 10.0 Å². The summed E-state index contributed by atoms with van der Waals surface area (Å²) in [5.74, 6) is -3.59. The number of benzene rings is 1. The van der Waals surface area contributed by atoms with Gasteiger partial charge in [-0.25, -0.2) is 13.8 Å². The number of carbonyl (C=O) groups excluding carboxylic acids is 2. The lowest BCUT2D eigenvalue weighted by atomic mass is 9.93. The van der Waals surface area contributed by atoms with Gasteiger partial charge in [-0.2, -0.15) is 0 Å². The molecule has 0 aliphatic carbocycles. The molecule has 31 heavy (non-hydrogen) atoms. The molecule has 0 fully saturated rings. The number of hydrogen-bond donors (Lipinski definition) is 0. The minimum absolute atomic E-state index is 0.0339. The van der Waals surface area contributed by atoms with Crippen LogP contribution in [0.1, 0.15) is 17.3 Å². The summed E-state index contributed by atoms with van der Waals surface area (Å²) in [7, 11) is 0. The summed E-state index contributed by atoms with van der Waals surface area (Å²) in [6.07, 6.45) is 6.49. The maximum atomic E-state index is 14.4. The summed E-state index contributed by atoms with van der Waals surface area (Å²) in [5, 5.41) is 2.92. The molecule has 0 saturated heterocycles. The molecule has 3 rings (SSSR count). The molecule has 1 amide bonds. The average molecular weight is 528 g/mol. The van der Waals surface area contributed by atoms with E-state index < -0.39 is 28.9 Å². The van der Waals surface area contributed by atoms with Crippen LogP contribution in [0, 0.1) is 0 Å². The van der Waals surface area contributed by atoms with E-state index in [2.05, 4.69) is 22.5 Å². The lowest BCUT2D eigenvalue weighted by Crippen LogP contribution is -2.46. The van der Waals surface area contributed by atoms with E-state index in [1.54, 1.807) is 18.3 Å². The number of ketones is 1. The van der Waals surface area contributed by atoms with Crippen LogP contribution in [0.5, 0.6) is 0 Å². The third-order valence-corrected chi connectivity index (χ3v) is 5.56. The molecule has 0 spiro atoms. The number of amides is 1. The smallest absolute Gasteiger partial charge is 0.279 e. The van der Waals surface area contributed by atoms with Gasteiger partial charge in [-0.3, -0.25) is 14.6 Å². The summed E-state index contributed by atoms with van der Waals surface area (Å²) >= 11 is 15.7. The summed E-state index contributed by atoms with van der Waals surface area (Å²) < 4.78 is 29.1. The maximum absolute atomic E-state index is 14.4. The Bertz CT molecular complexity index is 1130. The summed E-state index contributed by atoms with van der Waals surface area (Å²) in [6, 6.07) is 4.61. The van der Waals surface area contributed by atoms with Crippen LogP contribution >= 0.6 is 39.1 Å². The van der Waals surface area contributed by atoms with Gasteiger partial charge in [-0.15, -0.1) is 0 Å². The molecule has 4 nitrogen and oxygen atoms in total. The molecule has 1 aromatic rings. The number of hydrogen-bond acceptors (Lipinski definition) is 3. The minimum atomic E-state index is -1.07. The van der Waals surface area contributed by atoms with Crippen molar-refractivity contribution in [1.29, 1.82) is 0 Å². The van der Waals surface area contributed by atoms with Gasteiger partial charge in [0.1, 0.15) is 11.7 Å². The highest BCUT2D eigenvalue weighted by Gasteiger charge is 2.35. The van der Waals surface area contributed by atoms with E-state index in [0.717, 1.165) is 24.1 Å². The number of Topliss-reactive ketones (excluding diaryl/α,β-unsaturated/α-hetero) is 1. The average Bonchev–Trinajstić information content (AvgIpc) is 2.67. The van der Waals surface area contributed by atoms with E-state index in [9.17, 15) is 18.4 Å². The van der Waals surface area contributed by atoms with Crippen LogP contribution in [-0.4, -0.2) is 28.3 Å². The second-order valence-corrected chi connectivity index (χ2v) is 8.29. The Balaban J connectivity index is 2.15. The van der Waals surface area contributed by atoms with Gasteiger partial charge in [0.05, 0.1) is 27.7 Å². The Morgan fingerprint density at radius 3 is 2.42 bits per heavy atom. The quantitative estimate of drug-likeness (QED) is 0.321. The van der Waals surface area contributed by atoms with E-state index in [4.69, 9.17) is 23.2 Å². The van der Waals surface area contributed by atoms with Gasteiger partial charge in [-0.1, -0.05) is 41.9 Å². The Morgan fingerprint density at radius 1 is 1.19 bits per heavy atom. The van der Waals surface area contributed by atoms with E-state index in [1.807, 2.05) is 0 Å². The van der Waals surface area contributed by atoms with E-state index in [0.29, 0.717) is 10.1 Å². The normalized spacial score (nSPS) is 16.8. The van der Waals surface area contributed by atoms with Gasteiger partial charge in [0, 0.05) is 22.5 Å². The van der Waals surface area contributed by atoms with Gasteiger partial charge in [-0.05, 0) is 52.7 Å². The molecule has 1 aromatic carbocycles. The van der Waals surface area contributed by atoms with Crippen molar-refractivity contribution in [2.24, 2.45) is 0 Å². The number of halogens is 5. The number of carbonyl (C=O) groups is 2. The van der Waals surface area contributed by atoms with Gasteiger partial charge in [0.2, 0.25) is 0 Å². The lowest BCUT2D eigenvalue weighted by molar-refractivity contribution is -0.112. The minimum Gasteiger partial charge on any atom is -0.288 e. The molecule has 2 bridgehead atoms. The number of fused-ring (bicyclic) bond motifs is 2. The van der Waals surface area contributed by atoms with E-state index >= 15 is 0 Å². The highest BCUT2D eigenvalue weighted by atomic mass is 79.9. The zero-order valence-corrected chi connectivity index (χ0v) is 19.2. The number of rotatable bonds is 5. The summed E-state index contributed by atoms with van der Waals surface area (Å²) in [5.41, 5.74) is -0.280. The molecule has 160 valence electrons. The highest BCUT2D eigenvalue weighted by Crippen LogP contribution is 2.35. The van der Waals surface area contributed by atoms with Crippen LogP contribution in [0.4, 0.5) is 8.78 Å². The Morgan fingerprint density at radius 2 is 1.84 bits per heavy atom. The molecular weight excluding hydrogens is 513 g/mol. The monoisotopic (exact) mass is 526 g/mol. The fourth-order valence-corrected chi connectivity index (χ4v) is 4.21. The first kappa shape index (κ1) is 23.2. The molecule has 2 aliphatic heterocycles. The largest absolute Gasteiger partial charge is 0.288 e. The van der Waals surface area contributed by atoms with Crippen LogP contribution < -0.4 is 0 Å². The second-order valence-electron chi connectivity index (χ2n) is 6.56. The summed E-state index contributed by atoms with van der Waals surface area (Å²) in [6.45, 7) is 4.46. The first-order valence-corrected chi connectivity index (χ1v) is 10.4. The molecular formula is C22H15BrCl2F2N2O2. The fraction of sp³-hybridized carbons (Fsp3) is 0.0909. The highest BCUT2D eigenvalue weighted by molar-refractivity contribution is 9.11. The number of nitrogens with zero attached hydrogens (tertiary/aromatic N) is 2. The molecule has 0 unspecified atom stereocenters. The van der Waals surface area contributed by atoms with E-state index in [-0.39, 0.29) is 27.7 Å².